The summed E-state index contributed by atoms with van der Waals surface area (Å²) >= 11 is 0. The van der Waals surface area contributed by atoms with Crippen molar-refractivity contribution >= 4 is 5.97 Å². The first kappa shape index (κ1) is 15.4. The van der Waals surface area contributed by atoms with E-state index in [0.29, 0.717) is 19.0 Å². The molecule has 1 fully saturated rings. The molecule has 106 valence electrons. The molecule has 0 aromatic carbocycles. The normalized spacial score (nSPS) is 25.2. The molecule has 6 heteroatoms. The highest BCUT2D eigenvalue weighted by Gasteiger charge is 2.27. The minimum Gasteiger partial charge on any atom is -0.480 e. The maximum Gasteiger partial charge on any atom is 0.317 e. The first-order valence-electron chi connectivity index (χ1n) is 6.55. The summed E-state index contributed by atoms with van der Waals surface area (Å²) < 4.78 is 0. The van der Waals surface area contributed by atoms with E-state index in [1.165, 1.54) is 0 Å². The van der Waals surface area contributed by atoms with Crippen LogP contribution in [0.25, 0.3) is 0 Å². The molecule has 2 unspecified atom stereocenters. The monoisotopic (exact) mass is 260 g/mol. The van der Waals surface area contributed by atoms with Gasteiger partial charge in [0.1, 0.15) is 0 Å². The largest absolute Gasteiger partial charge is 0.480 e. The molecule has 2 atom stereocenters. The van der Waals surface area contributed by atoms with Gasteiger partial charge in [-0.2, -0.15) is 0 Å². The Balaban J connectivity index is 2.45. The lowest BCUT2D eigenvalue weighted by Gasteiger charge is -2.37. The van der Waals surface area contributed by atoms with Crippen molar-refractivity contribution in [2.24, 2.45) is 5.92 Å². The van der Waals surface area contributed by atoms with Crippen LogP contribution in [0, 0.1) is 5.92 Å². The molecule has 1 saturated heterocycles. The Morgan fingerprint density at radius 2 is 2.06 bits per heavy atom. The maximum atomic E-state index is 10.8. The molecule has 1 aliphatic heterocycles. The molecule has 0 radical (unpaired) electrons. The first-order chi connectivity index (χ1) is 8.65. The molecular weight excluding hydrogens is 236 g/mol. The molecule has 1 heterocycles. The van der Waals surface area contributed by atoms with E-state index in [1.54, 1.807) is 0 Å². The van der Waals surface area contributed by atoms with Crippen molar-refractivity contribution in [3.63, 3.8) is 0 Å². The number of carboxylic acid groups (broad SMARTS) is 1. The Morgan fingerprint density at radius 3 is 2.67 bits per heavy atom. The number of nitrogens with zero attached hydrogens (tertiary/aromatic N) is 1. The molecule has 1 aliphatic rings. The van der Waals surface area contributed by atoms with Gasteiger partial charge in [0.05, 0.1) is 13.2 Å². The predicted octanol–water partition coefficient (Wildman–Crippen LogP) is -0.884. The van der Waals surface area contributed by atoms with Crippen LogP contribution in [0.2, 0.25) is 0 Å². The van der Waals surface area contributed by atoms with Crippen LogP contribution in [0.4, 0.5) is 0 Å². The third-order valence-electron chi connectivity index (χ3n) is 3.29. The summed E-state index contributed by atoms with van der Waals surface area (Å²) in [6.07, 6.45) is 2.67. The molecule has 18 heavy (non-hydrogen) atoms. The summed E-state index contributed by atoms with van der Waals surface area (Å²) in [6, 6.07) is 0.231. The molecule has 0 saturated carbocycles. The Kier molecular flexibility index (Phi) is 7.19. The molecule has 0 spiro atoms. The summed E-state index contributed by atoms with van der Waals surface area (Å²) in [4.78, 5) is 12.7. The maximum absolute atomic E-state index is 10.8. The van der Waals surface area contributed by atoms with Gasteiger partial charge in [-0.25, -0.2) is 0 Å². The summed E-state index contributed by atoms with van der Waals surface area (Å²) in [6.45, 7) is 2.37. The number of nitrogens with one attached hydrogen (secondary N) is 1. The van der Waals surface area contributed by atoms with Crippen molar-refractivity contribution in [3.05, 3.63) is 0 Å². The van der Waals surface area contributed by atoms with Gasteiger partial charge in [-0.05, 0) is 25.2 Å². The average Bonchev–Trinajstić information content (AvgIpc) is 2.33. The highest BCUT2D eigenvalue weighted by molar-refractivity contribution is 5.69. The number of aliphatic hydroxyl groups excluding tert-OH is 2. The van der Waals surface area contributed by atoms with Gasteiger partial charge in [-0.3, -0.25) is 9.69 Å². The van der Waals surface area contributed by atoms with E-state index < -0.39 is 5.97 Å². The third-order valence-corrected chi connectivity index (χ3v) is 3.29. The van der Waals surface area contributed by atoms with Gasteiger partial charge in [0.15, 0.2) is 0 Å². The first-order valence-corrected chi connectivity index (χ1v) is 6.55. The summed E-state index contributed by atoms with van der Waals surface area (Å²) in [5, 5.41) is 29.8. The molecule has 6 nitrogen and oxygen atoms in total. The van der Waals surface area contributed by atoms with Crippen molar-refractivity contribution in [2.45, 2.75) is 25.3 Å². The number of carbonyl (C=O) groups is 1. The number of hydrogen-bond donors (Lipinski definition) is 4. The number of carboxylic acids is 1. The van der Waals surface area contributed by atoms with Gasteiger partial charge in [0.25, 0.3) is 0 Å². The third kappa shape index (κ3) is 5.77. The van der Waals surface area contributed by atoms with Gasteiger partial charge in [0, 0.05) is 32.3 Å². The van der Waals surface area contributed by atoms with Crippen LogP contribution in [0.3, 0.4) is 0 Å². The predicted molar refractivity (Wildman–Crippen MR) is 67.4 cm³/mol. The van der Waals surface area contributed by atoms with Crippen LogP contribution in [0.15, 0.2) is 0 Å². The van der Waals surface area contributed by atoms with Crippen LogP contribution in [-0.4, -0.2) is 71.6 Å². The lowest BCUT2D eigenvalue weighted by atomic mass is 9.90. The summed E-state index contributed by atoms with van der Waals surface area (Å²) in [5.41, 5.74) is 0. The van der Waals surface area contributed by atoms with E-state index in [2.05, 4.69) is 5.32 Å². The smallest absolute Gasteiger partial charge is 0.317 e. The summed E-state index contributed by atoms with van der Waals surface area (Å²) in [7, 11) is 0. The SMILES string of the molecule is O=C(O)CN1CC(CCCO)CC(NCCO)C1. The number of piperidine rings is 1. The van der Waals surface area contributed by atoms with Crippen LogP contribution >= 0.6 is 0 Å². The quantitative estimate of drug-likeness (QED) is 0.453. The second kappa shape index (κ2) is 8.42. The Hall–Kier alpha value is -0.690. The zero-order valence-corrected chi connectivity index (χ0v) is 10.7. The molecule has 0 bridgehead atoms. The van der Waals surface area contributed by atoms with Crippen molar-refractivity contribution in [1.29, 1.82) is 0 Å². The second-order valence-electron chi connectivity index (χ2n) is 4.93. The van der Waals surface area contributed by atoms with E-state index >= 15 is 0 Å². The molecule has 0 aromatic heterocycles. The van der Waals surface area contributed by atoms with Crippen LogP contribution in [-0.2, 0) is 4.79 Å². The zero-order valence-electron chi connectivity index (χ0n) is 10.7. The van der Waals surface area contributed by atoms with Crippen molar-refractivity contribution in [2.75, 3.05) is 39.4 Å². The highest BCUT2D eigenvalue weighted by Crippen LogP contribution is 2.21. The highest BCUT2D eigenvalue weighted by atomic mass is 16.4. The standard InChI is InChI=1S/C12H24N2O4/c15-4-1-2-10-6-11(13-3-5-16)8-14(7-10)9-12(17)18/h10-11,13,15-16H,1-9H2,(H,17,18). The average molecular weight is 260 g/mol. The van der Waals surface area contributed by atoms with E-state index in [0.717, 1.165) is 25.8 Å². The molecule has 1 rings (SSSR count). The topological polar surface area (TPSA) is 93.0 Å². The van der Waals surface area contributed by atoms with Crippen LogP contribution < -0.4 is 5.32 Å². The lowest BCUT2D eigenvalue weighted by molar-refractivity contribution is -0.138. The Morgan fingerprint density at radius 1 is 1.28 bits per heavy atom. The fraction of sp³-hybridized carbons (Fsp3) is 0.917. The fourth-order valence-electron chi connectivity index (χ4n) is 2.63. The number of aliphatic carboxylic acids is 1. The minimum absolute atomic E-state index is 0.0624. The minimum atomic E-state index is -0.807. The molecule has 0 aromatic rings. The second-order valence-corrected chi connectivity index (χ2v) is 4.93. The van der Waals surface area contributed by atoms with Crippen molar-refractivity contribution in [1.82, 2.24) is 10.2 Å². The van der Waals surface area contributed by atoms with E-state index in [4.69, 9.17) is 15.3 Å². The zero-order chi connectivity index (χ0) is 13.4. The van der Waals surface area contributed by atoms with Crippen molar-refractivity contribution in [3.8, 4) is 0 Å². The van der Waals surface area contributed by atoms with Gasteiger partial charge in [-0.15, -0.1) is 0 Å². The Labute approximate surface area is 108 Å². The van der Waals surface area contributed by atoms with Crippen molar-refractivity contribution < 1.29 is 20.1 Å². The molecular formula is C12H24N2O4. The fourth-order valence-corrected chi connectivity index (χ4v) is 2.63. The Bertz CT molecular complexity index is 234. The summed E-state index contributed by atoms with van der Waals surface area (Å²) in [5.74, 6) is -0.389. The number of rotatable bonds is 8. The van der Waals surface area contributed by atoms with Crippen LogP contribution in [0.5, 0.6) is 0 Å². The molecule has 0 aliphatic carbocycles. The van der Waals surface area contributed by atoms with E-state index in [1.807, 2.05) is 4.90 Å². The van der Waals surface area contributed by atoms with Gasteiger partial charge in [0.2, 0.25) is 0 Å². The van der Waals surface area contributed by atoms with Gasteiger partial charge < -0.3 is 20.6 Å². The lowest BCUT2D eigenvalue weighted by Crippen LogP contribution is -2.51. The van der Waals surface area contributed by atoms with Crippen LogP contribution in [0.1, 0.15) is 19.3 Å². The van der Waals surface area contributed by atoms with Gasteiger partial charge >= 0.3 is 5.97 Å². The number of likely N-dealkylation sites (tertiary alicyclic amines) is 1. The van der Waals surface area contributed by atoms with Gasteiger partial charge in [-0.1, -0.05) is 0 Å². The molecule has 0 amide bonds. The van der Waals surface area contributed by atoms with E-state index in [-0.39, 0.29) is 25.8 Å². The number of hydrogen-bond acceptors (Lipinski definition) is 5. The molecule has 4 N–H and O–H groups in total. The van der Waals surface area contributed by atoms with E-state index in [9.17, 15) is 4.79 Å². The number of aliphatic hydroxyl groups is 2.